The van der Waals surface area contributed by atoms with Crippen LogP contribution in [0.5, 0.6) is 0 Å². The molecule has 1 unspecified atom stereocenters. The van der Waals surface area contributed by atoms with E-state index in [4.69, 9.17) is 10.8 Å². The molecular formula is C20H39NO3. The van der Waals surface area contributed by atoms with Gasteiger partial charge in [0.2, 0.25) is 0 Å². The minimum Gasteiger partial charge on any atom is -0.480 e. The van der Waals surface area contributed by atoms with Gasteiger partial charge in [-0.3, -0.25) is 9.59 Å². The Bertz CT molecular complexity index is 340. The normalized spacial score (nSPS) is 13.6. The summed E-state index contributed by atoms with van der Waals surface area (Å²) in [6.45, 7) is 3.65. The van der Waals surface area contributed by atoms with Crippen LogP contribution in [0.25, 0.3) is 0 Å². The maximum atomic E-state index is 11.7. The molecular weight excluding hydrogens is 302 g/mol. The zero-order valence-corrected chi connectivity index (χ0v) is 15.9. The molecule has 142 valence electrons. The van der Waals surface area contributed by atoms with Gasteiger partial charge in [-0.15, -0.1) is 0 Å². The lowest BCUT2D eigenvalue weighted by Crippen LogP contribution is -2.46. The Morgan fingerprint density at radius 3 is 1.54 bits per heavy atom. The molecule has 4 nitrogen and oxygen atoms in total. The van der Waals surface area contributed by atoms with E-state index in [1.54, 1.807) is 0 Å². The summed E-state index contributed by atoms with van der Waals surface area (Å²) in [5.41, 5.74) is 4.16. The van der Waals surface area contributed by atoms with Crippen LogP contribution in [0.4, 0.5) is 0 Å². The molecule has 0 aromatic heterocycles. The number of rotatable bonds is 17. The number of carboxylic acid groups (broad SMARTS) is 1. The second-order valence-corrected chi connectivity index (χ2v) is 7.43. The van der Waals surface area contributed by atoms with Gasteiger partial charge in [-0.25, -0.2) is 0 Å². The molecule has 0 saturated heterocycles. The van der Waals surface area contributed by atoms with E-state index in [-0.39, 0.29) is 12.2 Å². The fraction of sp³-hybridized carbons (Fsp3) is 0.900. The SMILES string of the molecule is CCCCCCCCCCCCCCCC(=O)CC(C)(N)C(=O)O. The molecule has 0 radical (unpaired) electrons. The predicted molar refractivity (Wildman–Crippen MR) is 100 cm³/mol. The van der Waals surface area contributed by atoms with Gasteiger partial charge in [0.25, 0.3) is 0 Å². The fourth-order valence-corrected chi connectivity index (χ4v) is 2.91. The smallest absolute Gasteiger partial charge is 0.323 e. The van der Waals surface area contributed by atoms with Crippen molar-refractivity contribution < 1.29 is 14.7 Å². The van der Waals surface area contributed by atoms with Crippen molar-refractivity contribution >= 4 is 11.8 Å². The zero-order chi connectivity index (χ0) is 18.3. The standard InChI is InChI=1S/C20H39NO3/c1-3-4-5-6-7-8-9-10-11-12-13-14-15-16-18(22)17-20(2,21)19(23)24/h3-17,21H2,1-2H3,(H,23,24). The predicted octanol–water partition coefficient (Wildman–Crippen LogP) is 5.23. The quantitative estimate of drug-likeness (QED) is 0.355. The maximum Gasteiger partial charge on any atom is 0.323 e. The molecule has 0 aliphatic heterocycles. The van der Waals surface area contributed by atoms with Crippen LogP contribution in [0.3, 0.4) is 0 Å². The van der Waals surface area contributed by atoms with E-state index in [2.05, 4.69) is 6.92 Å². The number of carbonyl (C=O) groups is 2. The van der Waals surface area contributed by atoms with E-state index in [1.807, 2.05) is 0 Å². The summed E-state index contributed by atoms with van der Waals surface area (Å²) in [6, 6.07) is 0. The van der Waals surface area contributed by atoms with E-state index in [9.17, 15) is 9.59 Å². The Balaban J connectivity index is 3.33. The number of ketones is 1. The molecule has 0 saturated carbocycles. The summed E-state index contributed by atoms with van der Waals surface area (Å²) >= 11 is 0. The molecule has 1 atom stereocenters. The third kappa shape index (κ3) is 13.5. The zero-order valence-electron chi connectivity index (χ0n) is 15.9. The highest BCUT2D eigenvalue weighted by Crippen LogP contribution is 2.14. The molecule has 0 aliphatic rings. The van der Waals surface area contributed by atoms with Crippen molar-refractivity contribution in [3.05, 3.63) is 0 Å². The number of hydrogen-bond donors (Lipinski definition) is 2. The molecule has 0 aromatic rings. The molecule has 3 N–H and O–H groups in total. The fourth-order valence-electron chi connectivity index (χ4n) is 2.91. The first-order chi connectivity index (χ1) is 11.4. The lowest BCUT2D eigenvalue weighted by Gasteiger charge is -2.17. The van der Waals surface area contributed by atoms with Crippen LogP contribution in [0, 0.1) is 0 Å². The number of nitrogens with two attached hydrogens (primary N) is 1. The summed E-state index contributed by atoms with van der Waals surface area (Å²) in [5, 5.41) is 8.90. The first-order valence-electron chi connectivity index (χ1n) is 9.94. The van der Waals surface area contributed by atoms with E-state index in [0.29, 0.717) is 6.42 Å². The molecule has 0 heterocycles. The van der Waals surface area contributed by atoms with Gasteiger partial charge in [-0.2, -0.15) is 0 Å². The van der Waals surface area contributed by atoms with Crippen molar-refractivity contribution in [2.75, 3.05) is 0 Å². The van der Waals surface area contributed by atoms with Gasteiger partial charge in [0.1, 0.15) is 11.3 Å². The van der Waals surface area contributed by atoms with Gasteiger partial charge in [-0.05, 0) is 13.3 Å². The Hall–Kier alpha value is -0.900. The highest BCUT2D eigenvalue weighted by atomic mass is 16.4. The molecule has 0 fully saturated rings. The third-order valence-electron chi connectivity index (χ3n) is 4.61. The van der Waals surface area contributed by atoms with Crippen molar-refractivity contribution in [3.8, 4) is 0 Å². The lowest BCUT2D eigenvalue weighted by molar-refractivity contribution is -0.144. The van der Waals surface area contributed by atoms with Crippen LogP contribution in [-0.2, 0) is 9.59 Å². The van der Waals surface area contributed by atoms with Crippen LogP contribution in [0.2, 0.25) is 0 Å². The Morgan fingerprint density at radius 1 is 0.792 bits per heavy atom. The second-order valence-electron chi connectivity index (χ2n) is 7.43. The van der Waals surface area contributed by atoms with Crippen LogP contribution < -0.4 is 5.73 Å². The Morgan fingerprint density at radius 2 is 1.17 bits per heavy atom. The van der Waals surface area contributed by atoms with Crippen LogP contribution in [0.15, 0.2) is 0 Å². The molecule has 0 rings (SSSR count). The van der Waals surface area contributed by atoms with Crippen molar-refractivity contribution in [1.29, 1.82) is 0 Å². The van der Waals surface area contributed by atoms with E-state index < -0.39 is 11.5 Å². The molecule has 0 amide bonds. The molecule has 0 bridgehead atoms. The van der Waals surface area contributed by atoms with E-state index in [1.165, 1.54) is 77.6 Å². The van der Waals surface area contributed by atoms with Crippen molar-refractivity contribution in [2.45, 2.75) is 116 Å². The Labute approximate surface area is 148 Å². The van der Waals surface area contributed by atoms with Crippen LogP contribution in [-0.4, -0.2) is 22.4 Å². The largest absolute Gasteiger partial charge is 0.480 e. The van der Waals surface area contributed by atoms with Gasteiger partial charge in [0.15, 0.2) is 0 Å². The highest BCUT2D eigenvalue weighted by molar-refractivity contribution is 5.88. The maximum absolute atomic E-state index is 11.7. The topological polar surface area (TPSA) is 80.4 Å². The molecule has 0 aromatic carbocycles. The Kier molecular flexibility index (Phi) is 13.9. The first kappa shape index (κ1) is 23.1. The number of aliphatic carboxylic acids is 1. The van der Waals surface area contributed by atoms with Gasteiger partial charge < -0.3 is 10.8 Å². The van der Waals surface area contributed by atoms with E-state index >= 15 is 0 Å². The summed E-state index contributed by atoms with van der Waals surface area (Å²) in [6.07, 6.45) is 16.9. The lowest BCUT2D eigenvalue weighted by atomic mass is 9.94. The third-order valence-corrected chi connectivity index (χ3v) is 4.61. The van der Waals surface area contributed by atoms with Crippen molar-refractivity contribution in [3.63, 3.8) is 0 Å². The number of Topliss-reactive ketones (excluding diaryl/α,β-unsaturated/α-hetero) is 1. The molecule has 24 heavy (non-hydrogen) atoms. The van der Waals surface area contributed by atoms with Crippen LogP contribution >= 0.6 is 0 Å². The van der Waals surface area contributed by atoms with Crippen molar-refractivity contribution in [2.24, 2.45) is 5.73 Å². The monoisotopic (exact) mass is 341 g/mol. The van der Waals surface area contributed by atoms with Gasteiger partial charge in [0.05, 0.1) is 0 Å². The van der Waals surface area contributed by atoms with Gasteiger partial charge in [0, 0.05) is 12.8 Å². The number of carboxylic acids is 1. The van der Waals surface area contributed by atoms with Gasteiger partial charge in [-0.1, -0.05) is 84.0 Å². The molecule has 4 heteroatoms. The van der Waals surface area contributed by atoms with E-state index in [0.717, 1.165) is 12.8 Å². The second kappa shape index (κ2) is 14.4. The first-order valence-corrected chi connectivity index (χ1v) is 9.94. The summed E-state index contributed by atoms with van der Waals surface area (Å²) in [7, 11) is 0. The molecule has 0 spiro atoms. The minimum atomic E-state index is -1.42. The van der Waals surface area contributed by atoms with Crippen LogP contribution in [0.1, 0.15) is 110 Å². The average molecular weight is 342 g/mol. The summed E-state index contributed by atoms with van der Waals surface area (Å²) in [5.74, 6) is -1.15. The number of carbonyl (C=O) groups excluding carboxylic acids is 1. The number of hydrogen-bond acceptors (Lipinski definition) is 3. The number of unbranched alkanes of at least 4 members (excludes halogenated alkanes) is 12. The van der Waals surface area contributed by atoms with Gasteiger partial charge >= 0.3 is 5.97 Å². The van der Waals surface area contributed by atoms with Crippen molar-refractivity contribution in [1.82, 2.24) is 0 Å². The highest BCUT2D eigenvalue weighted by Gasteiger charge is 2.30. The molecule has 0 aliphatic carbocycles. The average Bonchev–Trinajstić information content (AvgIpc) is 2.51. The summed E-state index contributed by atoms with van der Waals surface area (Å²) < 4.78 is 0. The minimum absolute atomic E-state index is 0.0366. The summed E-state index contributed by atoms with van der Waals surface area (Å²) in [4.78, 5) is 22.6.